The largest absolute Gasteiger partial charge is 0.465 e. The lowest BCUT2D eigenvalue weighted by Crippen LogP contribution is -2.52. The molecule has 0 radical (unpaired) electrons. The molecular formula is C25H32FN5O5. The van der Waals surface area contributed by atoms with Crippen molar-refractivity contribution >= 4 is 29.5 Å². The zero-order valence-electron chi connectivity index (χ0n) is 20.2. The summed E-state index contributed by atoms with van der Waals surface area (Å²) in [6.45, 7) is 4.25. The molecule has 0 bridgehead atoms. The van der Waals surface area contributed by atoms with Gasteiger partial charge in [0, 0.05) is 68.5 Å². The SMILES string of the molecule is O=C1CCC(N2Cc3c(cc(F)cc3N3CCN(C[C@H]4CC[C@H](NC(=O)O)CC4)CC3)C2=O)C(=O)N1. The molecule has 10 nitrogen and oxygen atoms in total. The van der Waals surface area contributed by atoms with Crippen molar-refractivity contribution in [2.45, 2.75) is 57.2 Å². The zero-order valence-corrected chi connectivity index (χ0v) is 20.2. The summed E-state index contributed by atoms with van der Waals surface area (Å²) in [5.41, 5.74) is 1.74. The Morgan fingerprint density at radius 3 is 2.44 bits per heavy atom. The molecule has 3 fully saturated rings. The molecular weight excluding hydrogens is 469 g/mol. The molecule has 1 saturated carbocycles. The molecule has 3 N–H and O–H groups in total. The Bertz CT molecular complexity index is 1070. The van der Waals surface area contributed by atoms with Crippen LogP contribution in [0, 0.1) is 11.7 Å². The van der Waals surface area contributed by atoms with Gasteiger partial charge in [0.1, 0.15) is 11.9 Å². The van der Waals surface area contributed by atoms with Crippen LogP contribution in [-0.2, 0) is 16.1 Å². The molecule has 194 valence electrons. The molecule has 5 rings (SSSR count). The first kappa shape index (κ1) is 24.5. The van der Waals surface area contributed by atoms with E-state index < -0.39 is 23.9 Å². The van der Waals surface area contributed by atoms with Gasteiger partial charge in [-0.3, -0.25) is 24.6 Å². The number of amides is 4. The summed E-state index contributed by atoms with van der Waals surface area (Å²) in [6, 6.07) is 2.05. The quantitative estimate of drug-likeness (QED) is 0.523. The van der Waals surface area contributed by atoms with Gasteiger partial charge in [-0.2, -0.15) is 0 Å². The predicted molar refractivity (Wildman–Crippen MR) is 128 cm³/mol. The minimum Gasteiger partial charge on any atom is -0.465 e. The highest BCUT2D eigenvalue weighted by Crippen LogP contribution is 2.36. The maximum Gasteiger partial charge on any atom is 0.404 e. The second-order valence-electron chi connectivity index (χ2n) is 10.3. The maximum atomic E-state index is 14.6. The highest BCUT2D eigenvalue weighted by molar-refractivity contribution is 6.06. The molecule has 1 aliphatic carbocycles. The van der Waals surface area contributed by atoms with Crippen LogP contribution in [0.3, 0.4) is 0 Å². The Morgan fingerprint density at radius 1 is 1.06 bits per heavy atom. The number of carboxylic acid groups (broad SMARTS) is 1. The van der Waals surface area contributed by atoms with Crippen molar-refractivity contribution in [2.24, 2.45) is 5.92 Å². The normalized spacial score (nSPS) is 27.1. The molecule has 36 heavy (non-hydrogen) atoms. The number of imide groups is 1. The summed E-state index contributed by atoms with van der Waals surface area (Å²) in [5.74, 6) is -1.12. The summed E-state index contributed by atoms with van der Waals surface area (Å²) in [4.78, 5) is 53.8. The molecule has 1 aromatic carbocycles. The highest BCUT2D eigenvalue weighted by Gasteiger charge is 2.41. The molecule has 3 aliphatic heterocycles. The average molecular weight is 502 g/mol. The molecule has 1 atom stereocenters. The Morgan fingerprint density at radius 2 is 1.78 bits per heavy atom. The third kappa shape index (κ3) is 5.02. The monoisotopic (exact) mass is 501 g/mol. The standard InChI is InChI=1S/C25H32FN5O5/c26-16-11-18-19(14-31(24(18)34)20-5-6-22(32)28-23(20)33)21(12-16)30-9-7-29(8-10-30)13-15-1-3-17(4-2-15)27-25(35)36/h11-12,15,17,20,27H,1-10,13-14H2,(H,35,36)(H,28,32,33)/t15-,17-,20?. The number of nitrogens with one attached hydrogen (secondary N) is 2. The van der Waals surface area contributed by atoms with E-state index in [4.69, 9.17) is 5.11 Å². The fraction of sp³-hybridized carbons (Fsp3) is 0.600. The second-order valence-corrected chi connectivity index (χ2v) is 10.3. The minimum atomic E-state index is -0.958. The Balaban J connectivity index is 1.20. The van der Waals surface area contributed by atoms with Crippen LogP contribution in [0.1, 0.15) is 54.4 Å². The van der Waals surface area contributed by atoms with Gasteiger partial charge in [0.25, 0.3) is 5.91 Å². The number of carbonyl (C=O) groups is 4. The first-order valence-electron chi connectivity index (χ1n) is 12.7. The van der Waals surface area contributed by atoms with E-state index >= 15 is 0 Å². The van der Waals surface area contributed by atoms with E-state index in [2.05, 4.69) is 20.4 Å². The Kier molecular flexibility index (Phi) is 6.83. The van der Waals surface area contributed by atoms with Gasteiger partial charge in [-0.1, -0.05) is 0 Å². The number of carbonyl (C=O) groups excluding carboxylic acids is 3. The fourth-order valence-electron chi connectivity index (χ4n) is 6.09. The first-order valence-corrected chi connectivity index (χ1v) is 12.7. The Labute approximate surface area is 208 Å². The van der Waals surface area contributed by atoms with Crippen molar-refractivity contribution in [3.05, 3.63) is 29.1 Å². The van der Waals surface area contributed by atoms with Crippen molar-refractivity contribution in [3.8, 4) is 0 Å². The van der Waals surface area contributed by atoms with Crippen molar-refractivity contribution in [2.75, 3.05) is 37.6 Å². The molecule has 2 saturated heterocycles. The molecule has 3 heterocycles. The summed E-state index contributed by atoms with van der Waals surface area (Å²) in [6.07, 6.45) is 3.22. The van der Waals surface area contributed by atoms with Crippen LogP contribution in [0.5, 0.6) is 0 Å². The van der Waals surface area contributed by atoms with Gasteiger partial charge in [-0.15, -0.1) is 0 Å². The van der Waals surface area contributed by atoms with E-state index in [1.807, 2.05) is 0 Å². The van der Waals surface area contributed by atoms with Crippen LogP contribution in [0.4, 0.5) is 14.9 Å². The van der Waals surface area contributed by atoms with Crippen molar-refractivity contribution < 1.29 is 28.7 Å². The van der Waals surface area contributed by atoms with Gasteiger partial charge in [-0.05, 0) is 50.2 Å². The van der Waals surface area contributed by atoms with Gasteiger partial charge in [0.05, 0.1) is 0 Å². The summed E-state index contributed by atoms with van der Waals surface area (Å²) in [7, 11) is 0. The number of nitrogens with zero attached hydrogens (tertiary/aromatic N) is 3. The number of piperidine rings is 1. The van der Waals surface area contributed by atoms with Gasteiger partial charge < -0.3 is 20.2 Å². The highest BCUT2D eigenvalue weighted by atomic mass is 19.1. The summed E-state index contributed by atoms with van der Waals surface area (Å²) >= 11 is 0. The number of hydrogen-bond donors (Lipinski definition) is 3. The van der Waals surface area contributed by atoms with E-state index in [0.29, 0.717) is 30.3 Å². The van der Waals surface area contributed by atoms with Crippen LogP contribution < -0.4 is 15.5 Å². The number of fused-ring (bicyclic) bond motifs is 1. The average Bonchev–Trinajstić information content (AvgIpc) is 3.16. The zero-order chi connectivity index (χ0) is 25.4. The Hall–Kier alpha value is -3.21. The number of anilines is 1. The van der Waals surface area contributed by atoms with Gasteiger partial charge >= 0.3 is 6.09 Å². The number of halogens is 1. The van der Waals surface area contributed by atoms with E-state index in [0.717, 1.165) is 50.9 Å². The van der Waals surface area contributed by atoms with Crippen molar-refractivity contribution in [3.63, 3.8) is 0 Å². The van der Waals surface area contributed by atoms with Crippen LogP contribution in [0.2, 0.25) is 0 Å². The molecule has 0 aromatic heterocycles. The third-order valence-electron chi connectivity index (χ3n) is 8.00. The van der Waals surface area contributed by atoms with Gasteiger partial charge in [0.2, 0.25) is 11.8 Å². The van der Waals surface area contributed by atoms with Crippen LogP contribution in [0.15, 0.2) is 12.1 Å². The van der Waals surface area contributed by atoms with Crippen LogP contribution in [-0.4, -0.2) is 83.5 Å². The summed E-state index contributed by atoms with van der Waals surface area (Å²) < 4.78 is 14.6. The van der Waals surface area contributed by atoms with E-state index in [1.165, 1.54) is 17.0 Å². The molecule has 4 aliphatic rings. The fourth-order valence-corrected chi connectivity index (χ4v) is 6.09. The molecule has 11 heteroatoms. The maximum absolute atomic E-state index is 14.6. The number of benzene rings is 1. The lowest BCUT2D eigenvalue weighted by atomic mass is 9.85. The lowest BCUT2D eigenvalue weighted by molar-refractivity contribution is -0.136. The first-order chi connectivity index (χ1) is 17.3. The van der Waals surface area contributed by atoms with Crippen molar-refractivity contribution in [1.29, 1.82) is 0 Å². The second kappa shape index (κ2) is 10.0. The number of hydrogen-bond acceptors (Lipinski definition) is 6. The van der Waals surface area contributed by atoms with Gasteiger partial charge in [0.15, 0.2) is 0 Å². The molecule has 0 spiro atoms. The van der Waals surface area contributed by atoms with E-state index in [9.17, 15) is 23.6 Å². The summed E-state index contributed by atoms with van der Waals surface area (Å²) in [5, 5.41) is 13.8. The lowest BCUT2D eigenvalue weighted by Gasteiger charge is -2.39. The molecule has 1 aromatic rings. The number of rotatable bonds is 5. The smallest absolute Gasteiger partial charge is 0.404 e. The predicted octanol–water partition coefficient (Wildman–Crippen LogP) is 1.54. The van der Waals surface area contributed by atoms with Crippen molar-refractivity contribution in [1.82, 2.24) is 20.4 Å². The van der Waals surface area contributed by atoms with Gasteiger partial charge in [-0.25, -0.2) is 9.18 Å². The molecule has 1 unspecified atom stereocenters. The van der Waals surface area contributed by atoms with E-state index in [1.54, 1.807) is 0 Å². The van der Waals surface area contributed by atoms with Crippen LogP contribution >= 0.6 is 0 Å². The topological polar surface area (TPSA) is 122 Å². The third-order valence-corrected chi connectivity index (χ3v) is 8.00. The number of piperazine rings is 1. The van der Waals surface area contributed by atoms with Crippen LogP contribution in [0.25, 0.3) is 0 Å². The minimum absolute atomic E-state index is 0.0492. The molecule has 4 amide bonds. The van der Waals surface area contributed by atoms with E-state index in [-0.39, 0.29) is 37.2 Å².